The summed E-state index contributed by atoms with van der Waals surface area (Å²) in [5.74, 6) is 0. The predicted molar refractivity (Wildman–Crippen MR) is 56.9 cm³/mol. The van der Waals surface area contributed by atoms with Gasteiger partial charge in [-0.05, 0) is 25.3 Å². The maximum absolute atomic E-state index is 5.86. The van der Waals surface area contributed by atoms with Gasteiger partial charge in [-0.3, -0.25) is 0 Å². The zero-order valence-electron chi connectivity index (χ0n) is 8.52. The second-order valence-electron chi connectivity index (χ2n) is 4.04. The Morgan fingerprint density at radius 2 is 1.93 bits per heavy atom. The quantitative estimate of drug-likeness (QED) is 0.795. The lowest BCUT2D eigenvalue weighted by Crippen LogP contribution is -2.41. The number of ether oxygens (including phenoxy) is 1. The van der Waals surface area contributed by atoms with Gasteiger partial charge in [-0.25, -0.2) is 0 Å². The molecule has 2 N–H and O–H groups in total. The maximum atomic E-state index is 5.86. The van der Waals surface area contributed by atoms with Gasteiger partial charge >= 0.3 is 0 Å². The third-order valence-electron chi connectivity index (χ3n) is 2.80. The standard InChI is InChI=1S/C12H17NO/c1-9(10-5-3-2-4-6-10)14-12-7-11(13)8-12/h2-6,9,11-12H,7-8,13H2,1H3. The van der Waals surface area contributed by atoms with E-state index in [4.69, 9.17) is 10.5 Å². The van der Waals surface area contributed by atoms with E-state index in [1.807, 2.05) is 18.2 Å². The van der Waals surface area contributed by atoms with Gasteiger partial charge < -0.3 is 10.5 Å². The Kier molecular flexibility index (Phi) is 2.85. The zero-order chi connectivity index (χ0) is 9.97. The van der Waals surface area contributed by atoms with Crippen LogP contribution in [0.3, 0.4) is 0 Å². The lowest BCUT2D eigenvalue weighted by atomic mass is 9.90. The van der Waals surface area contributed by atoms with E-state index >= 15 is 0 Å². The molecule has 14 heavy (non-hydrogen) atoms. The van der Waals surface area contributed by atoms with E-state index in [1.165, 1.54) is 5.56 Å². The van der Waals surface area contributed by atoms with Crippen LogP contribution in [-0.2, 0) is 4.74 Å². The topological polar surface area (TPSA) is 35.2 Å². The minimum absolute atomic E-state index is 0.189. The lowest BCUT2D eigenvalue weighted by molar-refractivity contribution is -0.0527. The molecule has 0 amide bonds. The van der Waals surface area contributed by atoms with Crippen LogP contribution in [0.5, 0.6) is 0 Å². The van der Waals surface area contributed by atoms with Crippen LogP contribution in [0, 0.1) is 0 Å². The van der Waals surface area contributed by atoms with Gasteiger partial charge in [0.1, 0.15) is 0 Å². The Morgan fingerprint density at radius 1 is 1.29 bits per heavy atom. The van der Waals surface area contributed by atoms with E-state index in [2.05, 4.69) is 19.1 Å². The van der Waals surface area contributed by atoms with Crippen LogP contribution in [0.4, 0.5) is 0 Å². The molecule has 2 heteroatoms. The number of hydrogen-bond donors (Lipinski definition) is 1. The second-order valence-corrected chi connectivity index (χ2v) is 4.04. The molecule has 1 aliphatic rings. The SMILES string of the molecule is CC(OC1CC(N)C1)c1ccccc1. The molecule has 76 valence electrons. The Labute approximate surface area is 85.1 Å². The molecule has 0 aliphatic heterocycles. The molecule has 1 fully saturated rings. The highest BCUT2D eigenvalue weighted by Crippen LogP contribution is 2.27. The molecule has 0 aromatic heterocycles. The fourth-order valence-corrected chi connectivity index (χ4v) is 1.81. The van der Waals surface area contributed by atoms with E-state index in [9.17, 15) is 0 Å². The third-order valence-corrected chi connectivity index (χ3v) is 2.80. The fraction of sp³-hybridized carbons (Fsp3) is 0.500. The number of nitrogens with two attached hydrogens (primary N) is 1. The van der Waals surface area contributed by atoms with Crippen molar-refractivity contribution in [3.63, 3.8) is 0 Å². The molecule has 2 rings (SSSR count). The van der Waals surface area contributed by atoms with Gasteiger partial charge in [0.25, 0.3) is 0 Å². The average Bonchev–Trinajstić information content (AvgIpc) is 2.17. The first-order valence-electron chi connectivity index (χ1n) is 5.21. The summed E-state index contributed by atoms with van der Waals surface area (Å²) in [6.07, 6.45) is 2.59. The van der Waals surface area contributed by atoms with Crippen LogP contribution < -0.4 is 5.73 Å². The Balaban J connectivity index is 1.87. The molecular weight excluding hydrogens is 174 g/mol. The molecule has 0 radical (unpaired) electrons. The summed E-state index contributed by atoms with van der Waals surface area (Å²) in [4.78, 5) is 0. The first kappa shape index (κ1) is 9.69. The lowest BCUT2D eigenvalue weighted by Gasteiger charge is -2.34. The van der Waals surface area contributed by atoms with Crippen LogP contribution in [0.2, 0.25) is 0 Å². The van der Waals surface area contributed by atoms with Gasteiger partial charge in [-0.15, -0.1) is 0 Å². The molecule has 1 saturated carbocycles. The molecule has 1 aliphatic carbocycles. The summed E-state index contributed by atoms with van der Waals surface area (Å²) in [5, 5.41) is 0. The summed E-state index contributed by atoms with van der Waals surface area (Å²) in [7, 11) is 0. The molecule has 0 saturated heterocycles. The maximum Gasteiger partial charge on any atom is 0.0800 e. The summed E-state index contributed by atoms with van der Waals surface area (Å²) >= 11 is 0. The van der Waals surface area contributed by atoms with Crippen LogP contribution in [0.25, 0.3) is 0 Å². The van der Waals surface area contributed by atoms with Gasteiger partial charge in [0, 0.05) is 6.04 Å². The van der Waals surface area contributed by atoms with Crippen molar-refractivity contribution in [1.82, 2.24) is 0 Å². The second kappa shape index (κ2) is 4.11. The molecule has 0 spiro atoms. The molecule has 1 atom stereocenters. The van der Waals surface area contributed by atoms with Crippen molar-refractivity contribution in [2.24, 2.45) is 5.73 Å². The molecule has 1 unspecified atom stereocenters. The monoisotopic (exact) mass is 191 g/mol. The molecule has 2 nitrogen and oxygen atoms in total. The zero-order valence-corrected chi connectivity index (χ0v) is 8.52. The Bertz CT molecular complexity index is 280. The molecule has 0 heterocycles. The molecule has 0 bridgehead atoms. The smallest absolute Gasteiger partial charge is 0.0800 e. The normalized spacial score (nSPS) is 28.1. The van der Waals surface area contributed by atoms with E-state index < -0.39 is 0 Å². The number of hydrogen-bond acceptors (Lipinski definition) is 2. The van der Waals surface area contributed by atoms with Crippen molar-refractivity contribution in [1.29, 1.82) is 0 Å². The summed E-state index contributed by atoms with van der Waals surface area (Å²) in [6.45, 7) is 2.10. The van der Waals surface area contributed by atoms with Crippen molar-refractivity contribution in [3.05, 3.63) is 35.9 Å². The van der Waals surface area contributed by atoms with Crippen molar-refractivity contribution in [2.75, 3.05) is 0 Å². The molecular formula is C12H17NO. The highest BCUT2D eigenvalue weighted by atomic mass is 16.5. The van der Waals surface area contributed by atoms with Gasteiger partial charge in [0.05, 0.1) is 12.2 Å². The van der Waals surface area contributed by atoms with Crippen molar-refractivity contribution < 1.29 is 4.74 Å². The molecule has 1 aromatic rings. The predicted octanol–water partition coefficient (Wildman–Crippen LogP) is 2.25. The number of benzene rings is 1. The van der Waals surface area contributed by atoms with Gasteiger partial charge in [0.15, 0.2) is 0 Å². The highest BCUT2D eigenvalue weighted by molar-refractivity contribution is 5.16. The average molecular weight is 191 g/mol. The van der Waals surface area contributed by atoms with Crippen molar-refractivity contribution >= 4 is 0 Å². The number of rotatable bonds is 3. The third kappa shape index (κ3) is 2.14. The highest BCUT2D eigenvalue weighted by Gasteiger charge is 2.28. The summed E-state index contributed by atoms with van der Waals surface area (Å²) < 4.78 is 5.86. The van der Waals surface area contributed by atoms with Crippen LogP contribution in [0.15, 0.2) is 30.3 Å². The summed E-state index contributed by atoms with van der Waals surface area (Å²) in [6, 6.07) is 10.7. The van der Waals surface area contributed by atoms with Crippen LogP contribution >= 0.6 is 0 Å². The largest absolute Gasteiger partial charge is 0.370 e. The molecule has 1 aromatic carbocycles. The van der Waals surface area contributed by atoms with Gasteiger partial charge in [0.2, 0.25) is 0 Å². The Hall–Kier alpha value is -0.860. The minimum atomic E-state index is 0.189. The Morgan fingerprint density at radius 3 is 2.50 bits per heavy atom. The first-order valence-corrected chi connectivity index (χ1v) is 5.21. The van der Waals surface area contributed by atoms with Gasteiger partial charge in [-0.1, -0.05) is 30.3 Å². The van der Waals surface area contributed by atoms with E-state index in [-0.39, 0.29) is 6.10 Å². The van der Waals surface area contributed by atoms with Crippen molar-refractivity contribution in [3.8, 4) is 0 Å². The first-order chi connectivity index (χ1) is 6.75. The van der Waals surface area contributed by atoms with Crippen LogP contribution in [-0.4, -0.2) is 12.1 Å². The van der Waals surface area contributed by atoms with E-state index in [0.717, 1.165) is 12.8 Å². The van der Waals surface area contributed by atoms with Crippen molar-refractivity contribution in [2.45, 2.75) is 38.0 Å². The van der Waals surface area contributed by atoms with Crippen LogP contribution in [0.1, 0.15) is 31.4 Å². The van der Waals surface area contributed by atoms with E-state index in [0.29, 0.717) is 12.1 Å². The van der Waals surface area contributed by atoms with Gasteiger partial charge in [-0.2, -0.15) is 0 Å². The minimum Gasteiger partial charge on any atom is -0.370 e. The van der Waals surface area contributed by atoms with E-state index in [1.54, 1.807) is 0 Å². The summed E-state index contributed by atoms with van der Waals surface area (Å²) in [5.41, 5.74) is 6.95. The fourth-order valence-electron chi connectivity index (χ4n) is 1.81.